The minimum absolute atomic E-state index is 0.0529. The molecule has 198 valence electrons. The number of carbonyl (C=O) groups is 1. The van der Waals surface area contributed by atoms with E-state index in [0.717, 1.165) is 30.5 Å². The third-order valence-electron chi connectivity index (χ3n) is 6.98. The smallest absolute Gasteiger partial charge is 0.241 e. The fraction of sp³-hybridized carbons (Fsp3) is 0.483. The molecule has 2 atom stereocenters. The van der Waals surface area contributed by atoms with E-state index in [1.807, 2.05) is 37.3 Å². The van der Waals surface area contributed by atoms with Crippen molar-refractivity contribution in [2.45, 2.75) is 58.5 Å². The predicted molar refractivity (Wildman–Crippen MR) is 143 cm³/mol. The Labute approximate surface area is 219 Å². The highest BCUT2D eigenvalue weighted by molar-refractivity contribution is 5.79. The van der Waals surface area contributed by atoms with E-state index in [9.17, 15) is 4.79 Å². The Hall–Kier alpha value is -3.39. The molecule has 0 bridgehead atoms. The monoisotopic (exact) mass is 506 g/mol. The van der Waals surface area contributed by atoms with Crippen LogP contribution in [0.5, 0.6) is 11.5 Å². The molecule has 2 unspecified atom stereocenters. The van der Waals surface area contributed by atoms with E-state index >= 15 is 0 Å². The molecule has 0 radical (unpaired) electrons. The average Bonchev–Trinajstić information content (AvgIpc) is 3.36. The summed E-state index contributed by atoms with van der Waals surface area (Å²) in [5.74, 6) is 2.42. The molecule has 3 aromatic rings. The quantitative estimate of drug-likeness (QED) is 0.452. The van der Waals surface area contributed by atoms with Gasteiger partial charge in [0.2, 0.25) is 17.6 Å². The molecule has 8 heteroatoms. The molecule has 8 nitrogen and oxygen atoms in total. The number of amides is 1. The van der Waals surface area contributed by atoms with Gasteiger partial charge in [0.05, 0.1) is 32.7 Å². The first-order chi connectivity index (χ1) is 17.7. The van der Waals surface area contributed by atoms with Crippen LogP contribution >= 0.6 is 0 Å². The third-order valence-corrected chi connectivity index (χ3v) is 6.98. The second-order valence-electron chi connectivity index (χ2n) is 10.8. The summed E-state index contributed by atoms with van der Waals surface area (Å²) < 4.78 is 16.3. The number of hydrogen-bond acceptors (Lipinski definition) is 7. The normalized spacial score (nSPS) is 17.3. The maximum atomic E-state index is 13.1. The summed E-state index contributed by atoms with van der Waals surface area (Å²) in [6.07, 6.45) is 1.80. The van der Waals surface area contributed by atoms with Gasteiger partial charge in [0.25, 0.3) is 0 Å². The van der Waals surface area contributed by atoms with Crippen molar-refractivity contribution in [2.75, 3.05) is 27.3 Å². The van der Waals surface area contributed by atoms with Crippen LogP contribution in [-0.4, -0.2) is 48.3 Å². The first-order valence-corrected chi connectivity index (χ1v) is 12.9. The summed E-state index contributed by atoms with van der Waals surface area (Å²) in [6, 6.07) is 13.9. The van der Waals surface area contributed by atoms with E-state index < -0.39 is 0 Å². The van der Waals surface area contributed by atoms with Crippen molar-refractivity contribution >= 4 is 5.91 Å². The van der Waals surface area contributed by atoms with Crippen LogP contribution in [0.2, 0.25) is 0 Å². The first kappa shape index (κ1) is 26.7. The summed E-state index contributed by atoms with van der Waals surface area (Å²) in [4.78, 5) is 19.9. The zero-order valence-electron chi connectivity index (χ0n) is 22.7. The standard InChI is InChI=1S/C29H38N4O4/c1-19(21-11-14-24(35-5)25(16-21)36-6)30-28(34)22-8-7-15-33(17-22)18-26-31-27(32-37-26)20-9-12-23(13-10-20)29(2,3)4/h9-14,16,19,22H,7-8,15,17-18H2,1-6H3,(H,30,34). The molecule has 1 fully saturated rings. The number of methoxy groups -OCH3 is 2. The number of carbonyl (C=O) groups excluding carboxylic acids is 1. The van der Waals surface area contributed by atoms with E-state index in [0.29, 0.717) is 36.3 Å². The van der Waals surface area contributed by atoms with E-state index in [1.165, 1.54) is 5.56 Å². The highest BCUT2D eigenvalue weighted by Crippen LogP contribution is 2.30. The number of nitrogens with zero attached hydrogens (tertiary/aromatic N) is 3. The third kappa shape index (κ3) is 6.49. The number of hydrogen-bond donors (Lipinski definition) is 1. The van der Waals surface area contributed by atoms with Crippen molar-refractivity contribution in [2.24, 2.45) is 5.92 Å². The van der Waals surface area contributed by atoms with Crippen molar-refractivity contribution in [1.29, 1.82) is 0 Å². The Kier molecular flexibility index (Phi) is 8.17. The fourth-order valence-electron chi connectivity index (χ4n) is 4.70. The molecule has 37 heavy (non-hydrogen) atoms. The van der Waals surface area contributed by atoms with Gasteiger partial charge in [-0.1, -0.05) is 56.3 Å². The molecule has 2 heterocycles. The van der Waals surface area contributed by atoms with E-state index in [4.69, 9.17) is 14.0 Å². The molecule has 0 aliphatic carbocycles. The Morgan fingerprint density at radius 2 is 1.86 bits per heavy atom. The maximum absolute atomic E-state index is 13.1. The second kappa shape index (κ2) is 11.3. The molecule has 1 aliphatic rings. The first-order valence-electron chi connectivity index (χ1n) is 12.9. The van der Waals surface area contributed by atoms with Gasteiger partial charge in [-0.05, 0) is 55.0 Å². The van der Waals surface area contributed by atoms with Crippen molar-refractivity contribution < 1.29 is 18.8 Å². The topological polar surface area (TPSA) is 89.7 Å². The van der Waals surface area contributed by atoms with Gasteiger partial charge in [0.1, 0.15) is 0 Å². The molecule has 1 saturated heterocycles. The van der Waals surface area contributed by atoms with Crippen LogP contribution in [0.1, 0.15) is 63.6 Å². The lowest BCUT2D eigenvalue weighted by Crippen LogP contribution is -2.43. The molecule has 0 saturated carbocycles. The summed E-state index contributed by atoms with van der Waals surface area (Å²) in [6.45, 7) is 10.6. The summed E-state index contributed by atoms with van der Waals surface area (Å²) >= 11 is 0. The van der Waals surface area contributed by atoms with Crippen LogP contribution in [0.4, 0.5) is 0 Å². The highest BCUT2D eigenvalue weighted by Gasteiger charge is 2.28. The average molecular weight is 507 g/mol. The minimum atomic E-state index is -0.147. The van der Waals surface area contributed by atoms with Crippen LogP contribution in [0.15, 0.2) is 47.0 Å². The molecule has 4 rings (SSSR count). The Bertz CT molecular complexity index is 1200. The van der Waals surface area contributed by atoms with Crippen LogP contribution in [-0.2, 0) is 16.8 Å². The largest absolute Gasteiger partial charge is 0.493 e. The highest BCUT2D eigenvalue weighted by atomic mass is 16.5. The van der Waals surface area contributed by atoms with Crippen LogP contribution < -0.4 is 14.8 Å². The van der Waals surface area contributed by atoms with E-state index in [1.54, 1.807) is 14.2 Å². The van der Waals surface area contributed by atoms with Gasteiger partial charge >= 0.3 is 0 Å². The summed E-state index contributed by atoms with van der Waals surface area (Å²) in [7, 11) is 3.22. The maximum Gasteiger partial charge on any atom is 0.241 e. The number of likely N-dealkylation sites (tertiary alicyclic amines) is 1. The number of ether oxygens (including phenoxy) is 2. The lowest BCUT2D eigenvalue weighted by atomic mass is 9.87. The van der Waals surface area contributed by atoms with Gasteiger partial charge in [-0.25, -0.2) is 0 Å². The number of rotatable bonds is 8. The molecular formula is C29H38N4O4. The Morgan fingerprint density at radius 1 is 1.14 bits per heavy atom. The zero-order valence-corrected chi connectivity index (χ0v) is 22.7. The van der Waals surface area contributed by atoms with Crippen molar-refractivity contribution in [1.82, 2.24) is 20.4 Å². The van der Waals surface area contributed by atoms with Crippen molar-refractivity contribution in [3.63, 3.8) is 0 Å². The van der Waals surface area contributed by atoms with Crippen molar-refractivity contribution in [3.8, 4) is 22.9 Å². The van der Waals surface area contributed by atoms with Crippen LogP contribution in [0.3, 0.4) is 0 Å². The van der Waals surface area contributed by atoms with Gasteiger partial charge in [0, 0.05) is 12.1 Å². The van der Waals surface area contributed by atoms with E-state index in [2.05, 4.69) is 53.3 Å². The number of piperidine rings is 1. The summed E-state index contributed by atoms with van der Waals surface area (Å²) in [5, 5.41) is 7.35. The lowest BCUT2D eigenvalue weighted by Gasteiger charge is -2.31. The van der Waals surface area contributed by atoms with Gasteiger partial charge in [-0.2, -0.15) is 4.98 Å². The second-order valence-corrected chi connectivity index (χ2v) is 10.8. The Morgan fingerprint density at radius 3 is 2.54 bits per heavy atom. The molecule has 0 spiro atoms. The SMILES string of the molecule is COc1ccc(C(C)NC(=O)C2CCCN(Cc3nc(-c4ccc(C(C)(C)C)cc4)no3)C2)cc1OC. The van der Waals surface area contributed by atoms with Crippen LogP contribution in [0, 0.1) is 5.92 Å². The van der Waals surface area contributed by atoms with Gasteiger partial charge in [0.15, 0.2) is 11.5 Å². The predicted octanol–water partition coefficient (Wildman–Crippen LogP) is 5.14. The minimum Gasteiger partial charge on any atom is -0.493 e. The molecule has 1 amide bonds. The molecule has 1 aromatic heterocycles. The fourth-order valence-corrected chi connectivity index (χ4v) is 4.70. The number of nitrogens with one attached hydrogen (secondary N) is 1. The molecule has 1 N–H and O–H groups in total. The molecule has 1 aliphatic heterocycles. The molecular weight excluding hydrogens is 468 g/mol. The van der Waals surface area contributed by atoms with Crippen LogP contribution in [0.25, 0.3) is 11.4 Å². The van der Waals surface area contributed by atoms with Gasteiger partial charge in [-0.15, -0.1) is 0 Å². The molecule has 2 aromatic carbocycles. The van der Waals surface area contributed by atoms with Gasteiger partial charge < -0.3 is 19.3 Å². The van der Waals surface area contributed by atoms with Crippen molar-refractivity contribution in [3.05, 3.63) is 59.5 Å². The van der Waals surface area contributed by atoms with Gasteiger partial charge in [-0.3, -0.25) is 9.69 Å². The number of aromatic nitrogens is 2. The Balaban J connectivity index is 1.34. The zero-order chi connectivity index (χ0) is 26.6. The summed E-state index contributed by atoms with van der Waals surface area (Å²) in [5.41, 5.74) is 3.26. The number of benzene rings is 2. The van der Waals surface area contributed by atoms with E-state index in [-0.39, 0.29) is 23.3 Å². The lowest BCUT2D eigenvalue weighted by molar-refractivity contribution is -0.127.